The summed E-state index contributed by atoms with van der Waals surface area (Å²) in [6, 6.07) is 0.489. The standard InChI is InChI=1S/C16H29N3/c1-4-6-13-7-9-14(10-8-13)16(17-3)15-11-18-19(5-2)12-15/h11-14,16-17H,4-10H2,1-3H3. The van der Waals surface area contributed by atoms with Crippen molar-refractivity contribution in [2.24, 2.45) is 11.8 Å². The van der Waals surface area contributed by atoms with E-state index in [1.54, 1.807) is 0 Å². The molecule has 1 aromatic heterocycles. The van der Waals surface area contributed by atoms with Gasteiger partial charge in [-0.05, 0) is 38.6 Å². The summed E-state index contributed by atoms with van der Waals surface area (Å²) in [5.41, 5.74) is 1.36. The minimum atomic E-state index is 0.489. The number of aromatic nitrogens is 2. The van der Waals surface area contributed by atoms with Gasteiger partial charge in [-0.1, -0.05) is 32.6 Å². The number of hydrogen-bond acceptors (Lipinski definition) is 2. The molecule has 1 aromatic rings. The van der Waals surface area contributed by atoms with Crippen LogP contribution in [0, 0.1) is 11.8 Å². The van der Waals surface area contributed by atoms with Gasteiger partial charge in [-0.2, -0.15) is 5.10 Å². The van der Waals surface area contributed by atoms with Crippen LogP contribution in [0.4, 0.5) is 0 Å². The summed E-state index contributed by atoms with van der Waals surface area (Å²) >= 11 is 0. The lowest BCUT2D eigenvalue weighted by molar-refractivity contribution is 0.219. The Morgan fingerprint density at radius 1 is 1.32 bits per heavy atom. The topological polar surface area (TPSA) is 29.9 Å². The van der Waals surface area contributed by atoms with Crippen LogP contribution >= 0.6 is 0 Å². The van der Waals surface area contributed by atoms with Crippen molar-refractivity contribution < 1.29 is 0 Å². The van der Waals surface area contributed by atoms with Gasteiger partial charge in [-0.3, -0.25) is 4.68 Å². The molecular weight excluding hydrogens is 234 g/mol. The van der Waals surface area contributed by atoms with Gasteiger partial charge in [0.25, 0.3) is 0 Å². The van der Waals surface area contributed by atoms with Crippen molar-refractivity contribution in [2.75, 3.05) is 7.05 Å². The molecule has 1 saturated carbocycles. The molecule has 3 heteroatoms. The van der Waals surface area contributed by atoms with Gasteiger partial charge in [0.2, 0.25) is 0 Å². The largest absolute Gasteiger partial charge is 0.313 e. The molecule has 0 saturated heterocycles. The average Bonchev–Trinajstić information content (AvgIpc) is 2.91. The van der Waals surface area contributed by atoms with E-state index in [4.69, 9.17) is 0 Å². The van der Waals surface area contributed by atoms with Gasteiger partial charge in [-0.25, -0.2) is 0 Å². The Kier molecular flexibility index (Phi) is 5.44. The van der Waals surface area contributed by atoms with Crippen LogP contribution in [0.15, 0.2) is 12.4 Å². The van der Waals surface area contributed by atoms with Gasteiger partial charge in [-0.15, -0.1) is 0 Å². The second-order valence-electron chi connectivity index (χ2n) is 5.97. The predicted molar refractivity (Wildman–Crippen MR) is 80.1 cm³/mol. The van der Waals surface area contributed by atoms with E-state index in [1.807, 2.05) is 10.9 Å². The van der Waals surface area contributed by atoms with Crippen LogP contribution in [0.1, 0.15) is 64.0 Å². The van der Waals surface area contributed by atoms with Crippen molar-refractivity contribution in [3.8, 4) is 0 Å². The highest BCUT2D eigenvalue weighted by atomic mass is 15.3. The fourth-order valence-corrected chi connectivity index (χ4v) is 3.61. The molecule has 3 nitrogen and oxygen atoms in total. The third-order valence-corrected chi connectivity index (χ3v) is 4.71. The van der Waals surface area contributed by atoms with E-state index >= 15 is 0 Å². The minimum Gasteiger partial charge on any atom is -0.313 e. The second-order valence-corrected chi connectivity index (χ2v) is 5.97. The maximum atomic E-state index is 4.42. The minimum absolute atomic E-state index is 0.489. The van der Waals surface area contributed by atoms with Crippen LogP contribution in [0.5, 0.6) is 0 Å². The van der Waals surface area contributed by atoms with Crippen LogP contribution in [0.3, 0.4) is 0 Å². The Morgan fingerprint density at radius 2 is 2.05 bits per heavy atom. The molecule has 1 aliphatic carbocycles. The molecule has 0 radical (unpaired) electrons. The van der Waals surface area contributed by atoms with E-state index < -0.39 is 0 Å². The molecular formula is C16H29N3. The summed E-state index contributed by atoms with van der Waals surface area (Å²) in [5.74, 6) is 1.77. The van der Waals surface area contributed by atoms with Gasteiger partial charge in [0.1, 0.15) is 0 Å². The summed E-state index contributed by atoms with van der Waals surface area (Å²) < 4.78 is 2.03. The molecule has 0 aromatic carbocycles. The number of nitrogens with zero attached hydrogens (tertiary/aromatic N) is 2. The van der Waals surface area contributed by atoms with Gasteiger partial charge in [0, 0.05) is 24.3 Å². The third kappa shape index (κ3) is 3.59. The lowest BCUT2D eigenvalue weighted by atomic mass is 9.76. The summed E-state index contributed by atoms with van der Waals surface area (Å²) in [7, 11) is 2.09. The Morgan fingerprint density at radius 3 is 2.58 bits per heavy atom. The van der Waals surface area contributed by atoms with Crippen molar-refractivity contribution in [3.05, 3.63) is 18.0 Å². The summed E-state index contributed by atoms with van der Waals surface area (Å²) in [6.07, 6.45) is 12.6. The predicted octanol–water partition coefficient (Wildman–Crippen LogP) is 3.77. The zero-order valence-electron chi connectivity index (χ0n) is 12.7. The number of rotatable bonds is 6. The number of aryl methyl sites for hydroxylation is 1. The van der Waals surface area contributed by atoms with Crippen LogP contribution in [-0.4, -0.2) is 16.8 Å². The smallest absolute Gasteiger partial charge is 0.0537 e. The molecule has 2 rings (SSSR count). The van der Waals surface area contributed by atoms with Crippen molar-refractivity contribution in [1.29, 1.82) is 0 Å². The van der Waals surface area contributed by atoms with Crippen LogP contribution in [0.2, 0.25) is 0 Å². The molecule has 1 unspecified atom stereocenters. The first kappa shape index (κ1) is 14.6. The van der Waals surface area contributed by atoms with E-state index in [0.717, 1.165) is 18.4 Å². The van der Waals surface area contributed by atoms with E-state index in [9.17, 15) is 0 Å². The zero-order valence-corrected chi connectivity index (χ0v) is 12.7. The van der Waals surface area contributed by atoms with E-state index in [-0.39, 0.29) is 0 Å². The quantitative estimate of drug-likeness (QED) is 0.846. The van der Waals surface area contributed by atoms with E-state index in [0.29, 0.717) is 6.04 Å². The molecule has 1 atom stereocenters. The highest BCUT2D eigenvalue weighted by molar-refractivity contribution is 5.12. The van der Waals surface area contributed by atoms with Gasteiger partial charge in [0.15, 0.2) is 0 Å². The van der Waals surface area contributed by atoms with E-state index in [2.05, 4.69) is 37.5 Å². The molecule has 1 fully saturated rings. The van der Waals surface area contributed by atoms with Gasteiger partial charge in [0.05, 0.1) is 6.20 Å². The first-order chi connectivity index (χ1) is 9.28. The molecule has 0 bridgehead atoms. The van der Waals surface area contributed by atoms with Crippen molar-refractivity contribution in [3.63, 3.8) is 0 Å². The van der Waals surface area contributed by atoms with E-state index in [1.165, 1.54) is 44.1 Å². The Balaban J connectivity index is 1.95. The number of nitrogens with one attached hydrogen (secondary N) is 1. The first-order valence-electron chi connectivity index (χ1n) is 7.98. The lowest BCUT2D eigenvalue weighted by Crippen LogP contribution is -2.28. The van der Waals surface area contributed by atoms with Crippen molar-refractivity contribution >= 4 is 0 Å². The third-order valence-electron chi connectivity index (χ3n) is 4.71. The lowest BCUT2D eigenvalue weighted by Gasteiger charge is -2.33. The Bertz CT molecular complexity index is 364. The first-order valence-corrected chi connectivity index (χ1v) is 7.98. The van der Waals surface area contributed by atoms with Crippen LogP contribution in [-0.2, 0) is 6.54 Å². The summed E-state index contributed by atoms with van der Waals surface area (Å²) in [4.78, 5) is 0. The highest BCUT2D eigenvalue weighted by Gasteiger charge is 2.28. The molecule has 108 valence electrons. The average molecular weight is 263 g/mol. The maximum Gasteiger partial charge on any atom is 0.0537 e. The molecule has 1 aliphatic rings. The molecule has 0 spiro atoms. The second kappa shape index (κ2) is 7.09. The monoisotopic (exact) mass is 263 g/mol. The maximum absolute atomic E-state index is 4.42. The Hall–Kier alpha value is -0.830. The summed E-state index contributed by atoms with van der Waals surface area (Å²) in [5, 5.41) is 7.94. The highest BCUT2D eigenvalue weighted by Crippen LogP contribution is 2.38. The van der Waals surface area contributed by atoms with Crippen molar-refractivity contribution in [1.82, 2.24) is 15.1 Å². The zero-order chi connectivity index (χ0) is 13.7. The van der Waals surface area contributed by atoms with Gasteiger partial charge < -0.3 is 5.32 Å². The molecule has 1 N–H and O–H groups in total. The van der Waals surface area contributed by atoms with Crippen molar-refractivity contribution in [2.45, 2.75) is 65.0 Å². The SMILES string of the molecule is CCCC1CCC(C(NC)c2cnn(CC)c2)CC1. The van der Waals surface area contributed by atoms with Crippen LogP contribution in [0.25, 0.3) is 0 Å². The molecule has 0 aliphatic heterocycles. The fraction of sp³-hybridized carbons (Fsp3) is 0.812. The summed E-state index contributed by atoms with van der Waals surface area (Å²) in [6.45, 7) is 5.41. The molecule has 1 heterocycles. The molecule has 19 heavy (non-hydrogen) atoms. The number of hydrogen-bond donors (Lipinski definition) is 1. The molecule has 0 amide bonds. The fourth-order valence-electron chi connectivity index (χ4n) is 3.61. The normalized spacial score (nSPS) is 25.4. The Labute approximate surface area is 117 Å². The van der Waals surface area contributed by atoms with Crippen LogP contribution < -0.4 is 5.32 Å². The van der Waals surface area contributed by atoms with Gasteiger partial charge >= 0.3 is 0 Å².